The van der Waals surface area contributed by atoms with Gasteiger partial charge in [0, 0.05) is 19.8 Å². The molecule has 0 N–H and O–H groups in total. The Morgan fingerprint density at radius 1 is 1.26 bits per heavy atom. The molecule has 1 aromatic rings. The predicted molar refractivity (Wildman–Crippen MR) is 106 cm³/mol. The van der Waals surface area contributed by atoms with Gasteiger partial charge in [0.25, 0.3) is 0 Å². The summed E-state index contributed by atoms with van der Waals surface area (Å²) in [6.07, 6.45) is 12.6. The standard InChI is InChI=1S/C21H21BrS/c1-12-10-18-17(16(12)9-8-15-6-4-5-7-15)11-19-20(21(18)22)13(2)14(3)23-19/h4-6,10-11,14H,7-9H2,1-3H3. The first-order valence-corrected chi connectivity index (χ1v) is 10.00. The summed E-state index contributed by atoms with van der Waals surface area (Å²) in [5.74, 6) is 0. The molecule has 1 aromatic carbocycles. The van der Waals surface area contributed by atoms with E-state index in [1.165, 1.54) is 48.5 Å². The fourth-order valence-corrected chi connectivity index (χ4v) is 6.01. The molecule has 0 aromatic heterocycles. The lowest BCUT2D eigenvalue weighted by Crippen LogP contribution is -2.17. The number of thioether (sulfide) groups is 1. The van der Waals surface area contributed by atoms with Crippen LogP contribution in [0.4, 0.5) is 0 Å². The monoisotopic (exact) mass is 384 g/mol. The molecule has 1 heterocycles. The third-order valence-corrected chi connectivity index (χ3v) is 7.39. The zero-order valence-corrected chi connectivity index (χ0v) is 16.3. The first-order valence-electron chi connectivity index (χ1n) is 8.32. The van der Waals surface area contributed by atoms with E-state index in [9.17, 15) is 0 Å². The molecule has 0 amide bonds. The molecule has 0 bridgehead atoms. The third kappa shape index (κ3) is 2.51. The van der Waals surface area contributed by atoms with Crippen LogP contribution in [0.3, 0.4) is 0 Å². The van der Waals surface area contributed by atoms with Gasteiger partial charge < -0.3 is 0 Å². The van der Waals surface area contributed by atoms with Gasteiger partial charge in [-0.1, -0.05) is 29.4 Å². The van der Waals surface area contributed by atoms with E-state index >= 15 is 0 Å². The van der Waals surface area contributed by atoms with Crippen LogP contribution in [0.15, 0.2) is 44.8 Å². The van der Waals surface area contributed by atoms with Crippen LogP contribution in [-0.4, -0.2) is 5.25 Å². The van der Waals surface area contributed by atoms with Gasteiger partial charge in [0.2, 0.25) is 0 Å². The summed E-state index contributed by atoms with van der Waals surface area (Å²) in [5.41, 5.74) is 7.43. The van der Waals surface area contributed by atoms with Crippen molar-refractivity contribution in [3.63, 3.8) is 0 Å². The number of benzene rings is 1. The van der Waals surface area contributed by atoms with Crippen molar-refractivity contribution in [2.24, 2.45) is 0 Å². The molecule has 2 heteroatoms. The Labute approximate surface area is 150 Å². The normalized spacial score (nSPS) is 21.7. The van der Waals surface area contributed by atoms with Crippen molar-refractivity contribution in [2.45, 2.75) is 50.2 Å². The molecule has 0 radical (unpaired) electrons. The maximum absolute atomic E-state index is 3.91. The van der Waals surface area contributed by atoms with E-state index in [0.29, 0.717) is 5.25 Å². The Kier molecular flexibility index (Phi) is 3.93. The molecule has 0 spiro atoms. The van der Waals surface area contributed by atoms with Crippen LogP contribution in [0.1, 0.15) is 45.6 Å². The van der Waals surface area contributed by atoms with Gasteiger partial charge >= 0.3 is 0 Å². The summed E-state index contributed by atoms with van der Waals surface area (Å²) >= 11 is 5.91. The summed E-state index contributed by atoms with van der Waals surface area (Å²) in [6, 6.07) is 2.44. The van der Waals surface area contributed by atoms with Gasteiger partial charge in [-0.2, -0.15) is 0 Å². The summed E-state index contributed by atoms with van der Waals surface area (Å²) in [7, 11) is 0. The van der Waals surface area contributed by atoms with Crippen LogP contribution in [0.25, 0.3) is 17.2 Å². The minimum Gasteiger partial charge on any atom is -0.118 e. The van der Waals surface area contributed by atoms with Crippen LogP contribution >= 0.6 is 27.7 Å². The van der Waals surface area contributed by atoms with Crippen molar-refractivity contribution in [3.05, 3.63) is 55.9 Å². The molecule has 23 heavy (non-hydrogen) atoms. The highest BCUT2D eigenvalue weighted by molar-refractivity contribution is 9.10. The quantitative estimate of drug-likeness (QED) is 0.676. The highest BCUT2D eigenvalue weighted by atomic mass is 79.9. The lowest BCUT2D eigenvalue weighted by molar-refractivity contribution is 0.958. The second-order valence-electron chi connectivity index (χ2n) is 6.73. The molecular formula is C21H21BrS. The van der Waals surface area contributed by atoms with Crippen LogP contribution in [0.5, 0.6) is 0 Å². The van der Waals surface area contributed by atoms with Crippen molar-refractivity contribution in [1.29, 1.82) is 0 Å². The third-order valence-electron chi connectivity index (χ3n) is 5.28. The fourth-order valence-electron chi connectivity index (χ4n) is 3.79. The van der Waals surface area contributed by atoms with Gasteiger partial charge in [0.1, 0.15) is 0 Å². The number of halogens is 1. The van der Waals surface area contributed by atoms with Crippen molar-refractivity contribution in [1.82, 2.24) is 0 Å². The average molecular weight is 385 g/mol. The van der Waals surface area contributed by atoms with Gasteiger partial charge in [0.05, 0.1) is 0 Å². The van der Waals surface area contributed by atoms with Crippen molar-refractivity contribution in [3.8, 4) is 0 Å². The zero-order chi connectivity index (χ0) is 16.1. The molecule has 1 aliphatic heterocycles. The van der Waals surface area contributed by atoms with Gasteiger partial charge in [-0.3, -0.25) is 0 Å². The Bertz CT molecular complexity index is 912. The molecule has 3 aliphatic rings. The average Bonchev–Trinajstić information content (AvgIpc) is 3.19. The van der Waals surface area contributed by atoms with E-state index in [2.05, 4.69) is 67.1 Å². The molecule has 4 rings (SSSR count). The van der Waals surface area contributed by atoms with Gasteiger partial charge in [-0.25, -0.2) is 0 Å². The number of fused-ring (bicyclic) bond motifs is 2. The van der Waals surface area contributed by atoms with Gasteiger partial charge in [0.15, 0.2) is 0 Å². The van der Waals surface area contributed by atoms with E-state index in [4.69, 9.17) is 0 Å². The molecule has 0 saturated carbocycles. The maximum atomic E-state index is 3.91. The Balaban J connectivity index is 1.81. The van der Waals surface area contributed by atoms with Crippen LogP contribution < -0.4 is 10.4 Å². The van der Waals surface area contributed by atoms with Crippen LogP contribution in [0.2, 0.25) is 0 Å². The van der Waals surface area contributed by atoms with E-state index in [1.54, 1.807) is 5.57 Å². The summed E-state index contributed by atoms with van der Waals surface area (Å²) in [5, 5.41) is 3.48. The Hall–Kier alpha value is -0.990. The highest BCUT2D eigenvalue weighted by Crippen LogP contribution is 2.36. The summed E-state index contributed by atoms with van der Waals surface area (Å²) < 4.78 is 1.30. The second-order valence-corrected chi connectivity index (χ2v) is 8.91. The molecule has 2 aliphatic carbocycles. The molecular weight excluding hydrogens is 364 g/mol. The van der Waals surface area contributed by atoms with E-state index < -0.39 is 0 Å². The Morgan fingerprint density at radius 3 is 2.83 bits per heavy atom. The van der Waals surface area contributed by atoms with Crippen molar-refractivity contribution < 1.29 is 0 Å². The topological polar surface area (TPSA) is 0 Å². The number of rotatable bonds is 3. The first kappa shape index (κ1) is 15.5. The van der Waals surface area contributed by atoms with Gasteiger partial charge in [-0.05, 0) is 90.0 Å². The largest absolute Gasteiger partial charge is 0.118 e. The molecule has 1 unspecified atom stereocenters. The minimum absolute atomic E-state index is 0.590. The minimum atomic E-state index is 0.590. The number of hydrogen-bond donors (Lipinski definition) is 0. The Morgan fingerprint density at radius 2 is 2.09 bits per heavy atom. The molecule has 0 fully saturated rings. The fraction of sp³-hybridized carbons (Fsp3) is 0.333. The number of allylic oxidation sites excluding steroid dienone is 5. The summed E-state index contributed by atoms with van der Waals surface area (Å²) in [4.78, 5) is 1.45. The van der Waals surface area contributed by atoms with E-state index in [1.807, 2.05) is 11.8 Å². The van der Waals surface area contributed by atoms with Crippen LogP contribution in [-0.2, 0) is 0 Å². The number of hydrogen-bond acceptors (Lipinski definition) is 1. The SMILES string of the molecule is CC1=Cc2c(Br)c3c(cc2=C1CCC1=CC=CC1)SC(C)C=3C. The molecule has 1 atom stereocenters. The van der Waals surface area contributed by atoms with Crippen LogP contribution in [0, 0.1) is 0 Å². The lowest BCUT2D eigenvalue weighted by atomic mass is 9.99. The van der Waals surface area contributed by atoms with Gasteiger partial charge in [-0.15, -0.1) is 11.8 Å². The molecule has 118 valence electrons. The smallest absolute Gasteiger partial charge is 0.0337 e. The van der Waals surface area contributed by atoms with Crippen molar-refractivity contribution >= 4 is 44.9 Å². The maximum Gasteiger partial charge on any atom is 0.0337 e. The highest BCUT2D eigenvalue weighted by Gasteiger charge is 2.23. The predicted octanol–water partition coefficient (Wildman–Crippen LogP) is 5.35. The zero-order valence-electron chi connectivity index (χ0n) is 13.9. The second kappa shape index (κ2) is 5.82. The molecule has 0 saturated heterocycles. The summed E-state index contributed by atoms with van der Waals surface area (Å²) in [6.45, 7) is 6.85. The van der Waals surface area contributed by atoms with Crippen molar-refractivity contribution in [2.75, 3.05) is 0 Å². The van der Waals surface area contributed by atoms with E-state index in [-0.39, 0.29) is 0 Å². The van der Waals surface area contributed by atoms with E-state index in [0.717, 1.165) is 12.8 Å². The molecule has 0 nitrogen and oxygen atoms in total. The first-order chi connectivity index (χ1) is 11.1. The lowest BCUT2D eigenvalue weighted by Gasteiger charge is -2.07.